The molecule has 0 aromatic carbocycles. The van der Waals surface area contributed by atoms with E-state index >= 15 is 0 Å². The van der Waals surface area contributed by atoms with Crippen LogP contribution in [0, 0.1) is 0 Å². The van der Waals surface area contributed by atoms with Crippen LogP contribution in [0.4, 0.5) is 5.95 Å². The molecule has 5 heteroatoms. The van der Waals surface area contributed by atoms with Gasteiger partial charge in [-0.2, -0.15) is 0 Å². The lowest BCUT2D eigenvalue weighted by Gasteiger charge is -2.48. The summed E-state index contributed by atoms with van der Waals surface area (Å²) in [5.41, 5.74) is 0.265. The molecule has 0 spiro atoms. The van der Waals surface area contributed by atoms with Gasteiger partial charge in [-0.3, -0.25) is 0 Å². The van der Waals surface area contributed by atoms with Crippen LogP contribution in [0.1, 0.15) is 40.5 Å². The first-order valence-electron chi connectivity index (χ1n) is 6.43. The molecule has 1 aliphatic rings. The molecule has 1 aromatic heterocycles. The normalized spacial score (nSPS) is 22.7. The molecule has 1 aliphatic heterocycles. The second kappa shape index (κ2) is 4.46. The van der Waals surface area contributed by atoms with E-state index in [0.29, 0.717) is 6.04 Å². The van der Waals surface area contributed by atoms with Crippen LogP contribution in [-0.2, 0) is 0 Å². The van der Waals surface area contributed by atoms with Crippen molar-refractivity contribution in [2.75, 3.05) is 11.9 Å². The van der Waals surface area contributed by atoms with Gasteiger partial charge >= 0.3 is 0 Å². The van der Waals surface area contributed by atoms with E-state index < -0.39 is 0 Å². The third-order valence-electron chi connectivity index (χ3n) is 3.51. The average Bonchev–Trinajstić information content (AvgIpc) is 2.25. The lowest BCUT2D eigenvalue weighted by Crippen LogP contribution is -2.62. The number of aromatic nitrogens is 3. The van der Waals surface area contributed by atoms with Crippen LogP contribution in [0.15, 0.2) is 12.7 Å². The Hall–Kier alpha value is -1.23. The predicted octanol–water partition coefficient (Wildman–Crippen LogP) is 1.62. The van der Waals surface area contributed by atoms with Crippen LogP contribution < -0.4 is 10.2 Å². The van der Waals surface area contributed by atoms with E-state index in [4.69, 9.17) is 0 Å². The summed E-state index contributed by atoms with van der Waals surface area (Å²) in [6.45, 7) is 9.01. The molecule has 0 atom stereocenters. The van der Waals surface area contributed by atoms with Gasteiger partial charge in [0.05, 0.1) is 0 Å². The molecule has 2 rings (SSSR count). The minimum Gasteiger partial charge on any atom is -0.341 e. The Morgan fingerprint density at radius 1 is 1.11 bits per heavy atom. The van der Waals surface area contributed by atoms with Crippen molar-refractivity contribution in [3.63, 3.8) is 0 Å². The molecular formula is C13H23N5. The average molecular weight is 249 g/mol. The molecule has 2 heterocycles. The number of nitrogens with one attached hydrogen (secondary N) is 1. The Morgan fingerprint density at radius 3 is 2.11 bits per heavy atom. The van der Waals surface area contributed by atoms with Gasteiger partial charge in [0.1, 0.15) is 12.7 Å². The first kappa shape index (κ1) is 13.2. The Morgan fingerprint density at radius 2 is 1.61 bits per heavy atom. The largest absolute Gasteiger partial charge is 0.341 e. The van der Waals surface area contributed by atoms with Crippen molar-refractivity contribution in [3.8, 4) is 0 Å². The maximum Gasteiger partial charge on any atom is 0.228 e. The molecule has 100 valence electrons. The van der Waals surface area contributed by atoms with Crippen LogP contribution in [0.3, 0.4) is 0 Å². The van der Waals surface area contributed by atoms with E-state index in [2.05, 4.69) is 59.9 Å². The summed E-state index contributed by atoms with van der Waals surface area (Å²) in [4.78, 5) is 14.5. The topological polar surface area (TPSA) is 53.9 Å². The number of nitrogens with zero attached hydrogens (tertiary/aromatic N) is 4. The molecule has 0 amide bonds. The highest BCUT2D eigenvalue weighted by atomic mass is 15.3. The zero-order valence-corrected chi connectivity index (χ0v) is 11.9. The van der Waals surface area contributed by atoms with E-state index in [1.54, 1.807) is 12.7 Å². The van der Waals surface area contributed by atoms with Crippen LogP contribution in [0.5, 0.6) is 0 Å². The van der Waals surface area contributed by atoms with Crippen molar-refractivity contribution in [1.29, 1.82) is 0 Å². The van der Waals surface area contributed by atoms with E-state index in [1.807, 2.05) is 0 Å². The number of rotatable bonds is 2. The molecule has 5 nitrogen and oxygen atoms in total. The monoisotopic (exact) mass is 249 g/mol. The summed E-state index contributed by atoms with van der Waals surface area (Å²) >= 11 is 0. The molecule has 0 radical (unpaired) electrons. The molecular weight excluding hydrogens is 226 g/mol. The molecule has 0 aliphatic carbocycles. The van der Waals surface area contributed by atoms with Crippen LogP contribution in [0.25, 0.3) is 0 Å². The Balaban J connectivity index is 2.18. The second-order valence-electron chi connectivity index (χ2n) is 6.50. The Labute approximate surface area is 109 Å². The molecule has 1 N–H and O–H groups in total. The summed E-state index contributed by atoms with van der Waals surface area (Å²) in [5.74, 6) is 0.753. The van der Waals surface area contributed by atoms with Crippen LogP contribution in [0.2, 0.25) is 0 Å². The van der Waals surface area contributed by atoms with E-state index in [9.17, 15) is 0 Å². The zero-order chi connectivity index (χ0) is 13.4. The van der Waals surface area contributed by atoms with Gasteiger partial charge in [-0.15, -0.1) is 0 Å². The van der Waals surface area contributed by atoms with E-state index in [0.717, 1.165) is 18.8 Å². The molecule has 1 saturated heterocycles. The van der Waals surface area contributed by atoms with Gasteiger partial charge in [0, 0.05) is 24.2 Å². The standard InChI is InChI=1S/C13H23N5/c1-12(2)6-10(7-13(3,4)17-12)18(5)11-15-8-14-9-16-11/h8-10,17H,6-7H2,1-5H3. The fraction of sp³-hybridized carbons (Fsp3) is 0.769. The van der Waals surface area contributed by atoms with Gasteiger partial charge in [-0.05, 0) is 40.5 Å². The summed E-state index contributed by atoms with van der Waals surface area (Å²) < 4.78 is 0. The smallest absolute Gasteiger partial charge is 0.228 e. The molecule has 18 heavy (non-hydrogen) atoms. The number of hydrogen-bond acceptors (Lipinski definition) is 5. The molecule has 0 unspecified atom stereocenters. The Kier molecular flexibility index (Phi) is 3.27. The summed E-state index contributed by atoms with van der Waals surface area (Å²) in [5, 5.41) is 3.69. The van der Waals surface area contributed by atoms with E-state index in [1.165, 1.54) is 0 Å². The van der Waals surface area contributed by atoms with Crippen molar-refractivity contribution < 1.29 is 0 Å². The minimum absolute atomic E-state index is 0.133. The van der Waals surface area contributed by atoms with Crippen molar-refractivity contribution in [2.45, 2.75) is 57.7 Å². The predicted molar refractivity (Wildman–Crippen MR) is 72.5 cm³/mol. The fourth-order valence-electron chi connectivity index (χ4n) is 3.12. The van der Waals surface area contributed by atoms with Crippen molar-refractivity contribution in [2.24, 2.45) is 0 Å². The van der Waals surface area contributed by atoms with Crippen molar-refractivity contribution in [1.82, 2.24) is 20.3 Å². The SMILES string of the molecule is CN(c1ncncn1)C1CC(C)(C)NC(C)(C)C1. The molecule has 0 bridgehead atoms. The highest BCUT2D eigenvalue weighted by Gasteiger charge is 2.39. The zero-order valence-electron chi connectivity index (χ0n) is 11.9. The van der Waals surface area contributed by atoms with Crippen molar-refractivity contribution >= 4 is 5.95 Å². The maximum absolute atomic E-state index is 4.23. The second-order valence-corrected chi connectivity index (χ2v) is 6.50. The van der Waals surface area contributed by atoms with Gasteiger partial charge < -0.3 is 10.2 Å². The number of anilines is 1. The molecule has 1 aromatic rings. The first-order chi connectivity index (χ1) is 8.29. The highest BCUT2D eigenvalue weighted by Crippen LogP contribution is 2.31. The van der Waals surface area contributed by atoms with Gasteiger partial charge in [-0.1, -0.05) is 0 Å². The van der Waals surface area contributed by atoms with Gasteiger partial charge in [-0.25, -0.2) is 15.0 Å². The molecule has 1 fully saturated rings. The minimum atomic E-state index is 0.133. The quantitative estimate of drug-likeness (QED) is 0.863. The van der Waals surface area contributed by atoms with Gasteiger partial charge in [0.2, 0.25) is 5.95 Å². The first-order valence-corrected chi connectivity index (χ1v) is 6.43. The molecule has 0 saturated carbocycles. The van der Waals surface area contributed by atoms with E-state index in [-0.39, 0.29) is 11.1 Å². The number of hydrogen-bond donors (Lipinski definition) is 1. The summed E-state index contributed by atoms with van der Waals surface area (Å²) in [7, 11) is 2.07. The third kappa shape index (κ3) is 2.96. The maximum atomic E-state index is 4.23. The van der Waals surface area contributed by atoms with Crippen molar-refractivity contribution in [3.05, 3.63) is 12.7 Å². The highest BCUT2D eigenvalue weighted by molar-refractivity contribution is 5.29. The van der Waals surface area contributed by atoms with Gasteiger partial charge in [0.15, 0.2) is 0 Å². The Bertz CT molecular complexity index is 385. The van der Waals surface area contributed by atoms with Crippen LogP contribution in [-0.4, -0.2) is 39.1 Å². The summed E-state index contributed by atoms with van der Waals surface area (Å²) in [6, 6.07) is 0.443. The van der Waals surface area contributed by atoms with Crippen LogP contribution >= 0.6 is 0 Å². The third-order valence-corrected chi connectivity index (χ3v) is 3.51. The lowest BCUT2D eigenvalue weighted by molar-refractivity contribution is 0.160. The summed E-state index contributed by atoms with van der Waals surface area (Å²) in [6.07, 6.45) is 5.27. The van der Waals surface area contributed by atoms with Gasteiger partial charge in [0.25, 0.3) is 0 Å². The number of piperidine rings is 1. The fourth-order valence-corrected chi connectivity index (χ4v) is 3.12. The lowest BCUT2D eigenvalue weighted by atomic mass is 9.79.